The van der Waals surface area contributed by atoms with Gasteiger partial charge in [-0.2, -0.15) is 0 Å². The fourth-order valence-electron chi connectivity index (χ4n) is 3.84. The van der Waals surface area contributed by atoms with Crippen molar-refractivity contribution in [3.8, 4) is 0 Å². The highest BCUT2D eigenvalue weighted by atomic mass is 16.8. The van der Waals surface area contributed by atoms with Gasteiger partial charge in [-0.1, -0.05) is 27.2 Å². The first-order valence-corrected chi connectivity index (χ1v) is 10.3. The minimum Gasteiger partial charge on any atom is -0.390 e. The van der Waals surface area contributed by atoms with Crippen LogP contribution in [-0.4, -0.2) is 45.0 Å². The second-order valence-corrected chi connectivity index (χ2v) is 8.77. The number of nitrogens with zero attached hydrogens (tertiary/aromatic N) is 2. The van der Waals surface area contributed by atoms with E-state index in [1.54, 1.807) is 12.4 Å². The van der Waals surface area contributed by atoms with Crippen LogP contribution in [0, 0.1) is 5.92 Å². The number of ether oxygens (including phenoxy) is 4. The van der Waals surface area contributed by atoms with Gasteiger partial charge in [-0.25, -0.2) is 0 Å². The second-order valence-electron chi connectivity index (χ2n) is 8.77. The van der Waals surface area contributed by atoms with Crippen molar-refractivity contribution >= 4 is 0 Å². The van der Waals surface area contributed by atoms with Crippen LogP contribution in [0.1, 0.15) is 84.9 Å². The Morgan fingerprint density at radius 1 is 0.857 bits per heavy atom. The van der Waals surface area contributed by atoms with Crippen molar-refractivity contribution in [2.45, 2.75) is 103 Å². The molecule has 7 heteroatoms. The molecule has 3 heterocycles. The highest BCUT2D eigenvalue weighted by Gasteiger charge is 2.47. The summed E-state index contributed by atoms with van der Waals surface area (Å²) in [4.78, 5) is 9.21. The number of aromatic nitrogens is 2. The number of rotatable bonds is 6. The molecule has 2 aliphatic rings. The van der Waals surface area contributed by atoms with Gasteiger partial charge >= 0.3 is 0 Å². The second kappa shape index (κ2) is 7.95. The zero-order chi connectivity index (χ0) is 20.7. The van der Waals surface area contributed by atoms with Gasteiger partial charge in [-0.15, -0.1) is 0 Å². The molecule has 0 aromatic carbocycles. The molecule has 0 spiro atoms. The Bertz CT molecular complexity index is 606. The minimum atomic E-state index is -0.778. The van der Waals surface area contributed by atoms with Gasteiger partial charge in [0.25, 0.3) is 0 Å². The molecule has 158 valence electrons. The molecule has 1 N–H and O–H groups in total. The van der Waals surface area contributed by atoms with E-state index in [0.29, 0.717) is 18.0 Å². The lowest BCUT2D eigenvalue weighted by Crippen LogP contribution is -2.31. The van der Waals surface area contributed by atoms with Crippen LogP contribution in [-0.2, 0) is 18.9 Å². The molecular formula is C21H34N2O5. The van der Waals surface area contributed by atoms with E-state index in [-0.39, 0.29) is 12.2 Å². The summed E-state index contributed by atoms with van der Waals surface area (Å²) in [5, 5.41) is 10.3. The molecule has 0 aliphatic carbocycles. The summed E-state index contributed by atoms with van der Waals surface area (Å²) in [6.07, 6.45) is 3.09. The lowest BCUT2D eigenvalue weighted by Gasteiger charge is -2.23. The molecule has 1 aromatic heterocycles. The van der Waals surface area contributed by atoms with E-state index >= 15 is 0 Å². The first kappa shape index (κ1) is 21.6. The number of hydrogen-bond donors (Lipinski definition) is 1. The third-order valence-electron chi connectivity index (χ3n) is 5.54. The van der Waals surface area contributed by atoms with E-state index in [1.807, 2.05) is 34.6 Å². The Morgan fingerprint density at radius 3 is 1.75 bits per heavy atom. The van der Waals surface area contributed by atoms with Crippen LogP contribution >= 0.6 is 0 Å². The summed E-state index contributed by atoms with van der Waals surface area (Å²) in [5.41, 5.74) is 1.38. The van der Waals surface area contributed by atoms with Crippen LogP contribution in [0.2, 0.25) is 0 Å². The lowest BCUT2D eigenvalue weighted by atomic mass is 9.96. The molecule has 6 atom stereocenters. The maximum atomic E-state index is 10.3. The lowest BCUT2D eigenvalue weighted by molar-refractivity contribution is -0.155. The van der Waals surface area contributed by atoms with E-state index in [4.69, 9.17) is 18.9 Å². The molecule has 0 bridgehead atoms. The predicted octanol–water partition coefficient (Wildman–Crippen LogP) is 3.68. The third-order valence-corrected chi connectivity index (χ3v) is 5.54. The fourth-order valence-corrected chi connectivity index (χ4v) is 3.84. The molecule has 1 aromatic rings. The average molecular weight is 395 g/mol. The van der Waals surface area contributed by atoms with Crippen molar-refractivity contribution in [1.29, 1.82) is 0 Å². The van der Waals surface area contributed by atoms with Crippen molar-refractivity contribution < 1.29 is 24.1 Å². The van der Waals surface area contributed by atoms with Crippen molar-refractivity contribution in [2.24, 2.45) is 5.92 Å². The van der Waals surface area contributed by atoms with Crippen molar-refractivity contribution in [3.63, 3.8) is 0 Å². The smallest absolute Gasteiger partial charge is 0.164 e. The molecule has 28 heavy (non-hydrogen) atoms. The van der Waals surface area contributed by atoms with Gasteiger partial charge in [-0.3, -0.25) is 9.97 Å². The van der Waals surface area contributed by atoms with Crippen LogP contribution in [0.25, 0.3) is 0 Å². The van der Waals surface area contributed by atoms with Crippen molar-refractivity contribution in [1.82, 2.24) is 9.97 Å². The number of aliphatic hydroxyl groups is 1. The van der Waals surface area contributed by atoms with E-state index in [0.717, 1.165) is 12.1 Å². The van der Waals surface area contributed by atoms with Crippen LogP contribution in [0.4, 0.5) is 0 Å². The SMILES string of the molecule is CCC(C)C1OC(C)(C)OC1c1cnc(C2OC(C)(C)OC2C(O)CC)cn1. The Kier molecular flexibility index (Phi) is 6.13. The molecule has 0 saturated carbocycles. The van der Waals surface area contributed by atoms with Gasteiger partial charge in [0.2, 0.25) is 0 Å². The zero-order valence-electron chi connectivity index (χ0n) is 18.0. The molecule has 2 aliphatic heterocycles. The largest absolute Gasteiger partial charge is 0.390 e. The maximum absolute atomic E-state index is 10.3. The molecule has 2 saturated heterocycles. The summed E-state index contributed by atoms with van der Waals surface area (Å²) in [7, 11) is 0. The molecule has 0 radical (unpaired) electrons. The van der Waals surface area contributed by atoms with Gasteiger partial charge in [-0.05, 0) is 40.0 Å². The molecular weight excluding hydrogens is 360 g/mol. The number of hydrogen-bond acceptors (Lipinski definition) is 7. The molecule has 6 unspecified atom stereocenters. The highest BCUT2D eigenvalue weighted by molar-refractivity contribution is 5.13. The molecule has 0 amide bonds. The quantitative estimate of drug-likeness (QED) is 0.788. The van der Waals surface area contributed by atoms with Gasteiger partial charge in [0.05, 0.1) is 36.0 Å². The topological polar surface area (TPSA) is 82.9 Å². The monoisotopic (exact) mass is 394 g/mol. The Hall–Kier alpha value is -1.12. The van der Waals surface area contributed by atoms with E-state index in [2.05, 4.69) is 23.8 Å². The Balaban J connectivity index is 1.83. The van der Waals surface area contributed by atoms with Crippen LogP contribution in [0.15, 0.2) is 12.4 Å². The first-order chi connectivity index (χ1) is 13.1. The summed E-state index contributed by atoms with van der Waals surface area (Å²) in [6.45, 7) is 13.7. The molecule has 3 rings (SSSR count). The maximum Gasteiger partial charge on any atom is 0.164 e. The van der Waals surface area contributed by atoms with Crippen LogP contribution < -0.4 is 0 Å². The van der Waals surface area contributed by atoms with Gasteiger partial charge in [0.1, 0.15) is 18.3 Å². The van der Waals surface area contributed by atoms with E-state index in [1.165, 1.54) is 0 Å². The zero-order valence-corrected chi connectivity index (χ0v) is 18.0. The average Bonchev–Trinajstić information content (AvgIpc) is 3.16. The minimum absolute atomic E-state index is 0.0696. The summed E-state index contributed by atoms with van der Waals surface area (Å²) >= 11 is 0. The summed E-state index contributed by atoms with van der Waals surface area (Å²) in [6, 6.07) is 0. The van der Waals surface area contributed by atoms with Crippen molar-refractivity contribution in [3.05, 3.63) is 23.8 Å². The summed E-state index contributed by atoms with van der Waals surface area (Å²) in [5.74, 6) is -1.09. The first-order valence-electron chi connectivity index (χ1n) is 10.3. The van der Waals surface area contributed by atoms with Gasteiger partial charge < -0.3 is 24.1 Å². The van der Waals surface area contributed by atoms with Crippen molar-refractivity contribution in [2.75, 3.05) is 0 Å². The van der Waals surface area contributed by atoms with Crippen LogP contribution in [0.5, 0.6) is 0 Å². The Labute approximate surface area is 167 Å². The van der Waals surface area contributed by atoms with E-state index in [9.17, 15) is 5.11 Å². The Morgan fingerprint density at radius 2 is 1.32 bits per heavy atom. The molecule has 2 fully saturated rings. The van der Waals surface area contributed by atoms with Crippen LogP contribution in [0.3, 0.4) is 0 Å². The van der Waals surface area contributed by atoms with Gasteiger partial charge in [0, 0.05) is 0 Å². The standard InChI is InChI=1S/C21H34N2O5/c1-8-12(3)16-17(26-20(4,5)25-16)13-10-23-14(11-22-13)18-19(15(24)9-2)28-21(6,7)27-18/h10-12,15-19,24H,8-9H2,1-7H3. The fraction of sp³-hybridized carbons (Fsp3) is 0.810. The number of aliphatic hydroxyl groups excluding tert-OH is 1. The predicted molar refractivity (Wildman–Crippen MR) is 103 cm³/mol. The molecule has 7 nitrogen and oxygen atoms in total. The summed E-state index contributed by atoms with van der Waals surface area (Å²) < 4.78 is 24.2. The normalized spacial score (nSPS) is 33.7. The van der Waals surface area contributed by atoms with Gasteiger partial charge in [0.15, 0.2) is 11.6 Å². The van der Waals surface area contributed by atoms with E-state index < -0.39 is 29.9 Å². The highest BCUT2D eigenvalue weighted by Crippen LogP contribution is 2.42. The third kappa shape index (κ3) is 4.39.